The van der Waals surface area contributed by atoms with E-state index in [1.54, 1.807) is 0 Å². The first kappa shape index (κ1) is 19.2. The highest BCUT2D eigenvalue weighted by Gasteiger charge is 2.49. The molecule has 2 aromatic rings. The second-order valence-corrected chi connectivity index (χ2v) is 7.35. The number of amides is 1. The molecule has 1 aliphatic rings. The predicted octanol–water partition coefficient (Wildman–Crippen LogP) is 3.58. The summed E-state index contributed by atoms with van der Waals surface area (Å²) < 4.78 is 0. The molecule has 1 atom stereocenters. The number of likely N-dealkylation sites (tertiary alicyclic amines) is 1. The van der Waals surface area contributed by atoms with Gasteiger partial charge in [-0.05, 0) is 49.4 Å². The molecule has 0 aliphatic carbocycles. The molecule has 0 radical (unpaired) electrons. The highest BCUT2D eigenvalue weighted by Crippen LogP contribution is 2.43. The Balaban J connectivity index is 1.92. The molecule has 1 heterocycles. The van der Waals surface area contributed by atoms with Crippen LogP contribution in [-0.4, -0.2) is 30.4 Å². The first-order valence-electron chi connectivity index (χ1n) is 9.76. The second kappa shape index (κ2) is 8.88. The van der Waals surface area contributed by atoms with Crippen LogP contribution < -0.4 is 5.73 Å². The number of unbranched alkanes of at least 4 members (excludes halogenated alkanes) is 2. The number of terminal acetylenes is 1. The zero-order chi connectivity index (χ0) is 19.1. The number of nitrogens with two attached hydrogens (primary N) is 1. The van der Waals surface area contributed by atoms with E-state index in [2.05, 4.69) is 10.8 Å². The molecule has 0 spiro atoms. The van der Waals surface area contributed by atoms with E-state index in [1.165, 1.54) is 0 Å². The average Bonchev–Trinajstić information content (AvgIpc) is 3.16. The van der Waals surface area contributed by atoms with E-state index in [-0.39, 0.29) is 11.8 Å². The quantitative estimate of drug-likeness (QED) is 0.578. The van der Waals surface area contributed by atoms with Crippen LogP contribution in [0.4, 0.5) is 0 Å². The number of carbonyl (C=O) groups is 1. The van der Waals surface area contributed by atoms with Crippen LogP contribution in [0.2, 0.25) is 0 Å². The minimum absolute atomic E-state index is 0.160. The fourth-order valence-corrected chi connectivity index (χ4v) is 4.48. The van der Waals surface area contributed by atoms with Gasteiger partial charge in [-0.2, -0.15) is 0 Å². The van der Waals surface area contributed by atoms with E-state index in [1.807, 2.05) is 60.7 Å². The van der Waals surface area contributed by atoms with Crippen molar-refractivity contribution in [2.75, 3.05) is 19.6 Å². The average molecular weight is 361 g/mol. The third-order valence-corrected chi connectivity index (χ3v) is 5.78. The Morgan fingerprint density at radius 3 is 2.19 bits per heavy atom. The minimum atomic E-state index is -0.796. The normalized spacial score (nSPS) is 17.5. The largest absolute Gasteiger partial charge is 0.369 e. The number of benzene rings is 2. The molecular formula is C24H28N2O. The van der Waals surface area contributed by atoms with Crippen LogP contribution in [0.3, 0.4) is 0 Å². The van der Waals surface area contributed by atoms with Crippen molar-refractivity contribution in [1.82, 2.24) is 4.90 Å². The van der Waals surface area contributed by atoms with Gasteiger partial charge in [0, 0.05) is 13.0 Å². The topological polar surface area (TPSA) is 46.3 Å². The summed E-state index contributed by atoms with van der Waals surface area (Å²) in [6, 6.07) is 20.1. The molecule has 27 heavy (non-hydrogen) atoms. The second-order valence-electron chi connectivity index (χ2n) is 7.35. The Labute approximate surface area is 162 Å². The maximum absolute atomic E-state index is 13.0. The van der Waals surface area contributed by atoms with Gasteiger partial charge in [-0.25, -0.2) is 0 Å². The van der Waals surface area contributed by atoms with E-state index in [0.29, 0.717) is 0 Å². The summed E-state index contributed by atoms with van der Waals surface area (Å²) in [6.45, 7) is 2.90. The SMILES string of the molecule is C#CCCCCN1CC[C@@H](C(C(N)=O)(c2ccccc2)c2ccccc2)C1. The fraction of sp³-hybridized carbons (Fsp3) is 0.375. The number of primary amides is 1. The van der Waals surface area contributed by atoms with Crippen LogP contribution >= 0.6 is 0 Å². The lowest BCUT2D eigenvalue weighted by Crippen LogP contribution is -2.49. The van der Waals surface area contributed by atoms with E-state index >= 15 is 0 Å². The molecule has 140 valence electrons. The summed E-state index contributed by atoms with van der Waals surface area (Å²) in [5.74, 6) is 2.60. The van der Waals surface area contributed by atoms with Gasteiger partial charge in [0.2, 0.25) is 5.91 Å². The summed E-state index contributed by atoms with van der Waals surface area (Å²) >= 11 is 0. The number of hydrogen-bond donors (Lipinski definition) is 1. The molecule has 2 aromatic carbocycles. The van der Waals surface area contributed by atoms with Gasteiger partial charge < -0.3 is 10.6 Å². The Bertz CT molecular complexity index is 740. The summed E-state index contributed by atoms with van der Waals surface area (Å²) in [5, 5.41) is 0. The van der Waals surface area contributed by atoms with Crippen molar-refractivity contribution in [2.24, 2.45) is 11.7 Å². The summed E-state index contributed by atoms with van der Waals surface area (Å²) in [4.78, 5) is 15.4. The van der Waals surface area contributed by atoms with Crippen LogP contribution in [0.25, 0.3) is 0 Å². The van der Waals surface area contributed by atoms with Gasteiger partial charge in [0.05, 0.1) is 0 Å². The number of rotatable bonds is 8. The lowest BCUT2D eigenvalue weighted by atomic mass is 9.64. The lowest BCUT2D eigenvalue weighted by Gasteiger charge is -2.37. The van der Waals surface area contributed by atoms with Crippen molar-refractivity contribution >= 4 is 5.91 Å². The summed E-state index contributed by atoms with van der Waals surface area (Å²) in [7, 11) is 0. The molecule has 1 amide bonds. The molecule has 1 saturated heterocycles. The van der Waals surface area contributed by atoms with Crippen LogP contribution in [0.1, 0.15) is 36.8 Å². The van der Waals surface area contributed by atoms with E-state index in [9.17, 15) is 4.79 Å². The van der Waals surface area contributed by atoms with Gasteiger partial charge in [0.25, 0.3) is 0 Å². The van der Waals surface area contributed by atoms with Crippen molar-refractivity contribution in [2.45, 2.75) is 31.1 Å². The molecule has 0 unspecified atom stereocenters. The van der Waals surface area contributed by atoms with Crippen molar-refractivity contribution in [3.63, 3.8) is 0 Å². The molecule has 2 N–H and O–H groups in total. The molecule has 3 nitrogen and oxygen atoms in total. The third kappa shape index (κ3) is 3.91. The van der Waals surface area contributed by atoms with Crippen LogP contribution in [0, 0.1) is 18.3 Å². The van der Waals surface area contributed by atoms with Gasteiger partial charge in [-0.3, -0.25) is 4.79 Å². The number of hydrogen-bond acceptors (Lipinski definition) is 2. The molecule has 0 saturated carbocycles. The highest BCUT2D eigenvalue weighted by molar-refractivity contribution is 5.91. The standard InChI is InChI=1S/C24H28N2O/c1-2-3-4-11-17-26-18-16-22(19-26)24(23(25)27,20-12-7-5-8-13-20)21-14-9-6-10-15-21/h1,5-10,12-15,22H,3-4,11,16-19H2,(H2,25,27)/t22-/m1/s1. The van der Waals surface area contributed by atoms with Crippen LogP contribution in [0.15, 0.2) is 60.7 Å². The third-order valence-electron chi connectivity index (χ3n) is 5.78. The molecule has 0 aromatic heterocycles. The van der Waals surface area contributed by atoms with Crippen LogP contribution in [0.5, 0.6) is 0 Å². The molecule has 0 bridgehead atoms. The fourth-order valence-electron chi connectivity index (χ4n) is 4.48. The van der Waals surface area contributed by atoms with Crippen molar-refractivity contribution in [3.8, 4) is 12.3 Å². The highest BCUT2D eigenvalue weighted by atomic mass is 16.1. The maximum atomic E-state index is 13.0. The molecular weight excluding hydrogens is 332 g/mol. The summed E-state index contributed by atoms with van der Waals surface area (Å²) in [5.41, 5.74) is 7.30. The predicted molar refractivity (Wildman–Crippen MR) is 110 cm³/mol. The monoisotopic (exact) mass is 360 g/mol. The zero-order valence-electron chi connectivity index (χ0n) is 15.8. The Kier molecular flexibility index (Phi) is 6.32. The summed E-state index contributed by atoms with van der Waals surface area (Å²) in [6.07, 6.45) is 9.29. The van der Waals surface area contributed by atoms with Gasteiger partial charge in [-0.15, -0.1) is 12.3 Å². The van der Waals surface area contributed by atoms with Gasteiger partial charge >= 0.3 is 0 Å². The van der Waals surface area contributed by atoms with Crippen molar-refractivity contribution in [3.05, 3.63) is 71.8 Å². The lowest BCUT2D eigenvalue weighted by molar-refractivity contribution is -0.123. The van der Waals surface area contributed by atoms with Gasteiger partial charge in [-0.1, -0.05) is 60.7 Å². The smallest absolute Gasteiger partial charge is 0.232 e. The first-order valence-corrected chi connectivity index (χ1v) is 9.76. The number of carbonyl (C=O) groups excluding carboxylic acids is 1. The molecule has 1 fully saturated rings. The van der Waals surface area contributed by atoms with Crippen LogP contribution in [-0.2, 0) is 10.2 Å². The maximum Gasteiger partial charge on any atom is 0.232 e. The van der Waals surface area contributed by atoms with E-state index < -0.39 is 5.41 Å². The molecule has 3 rings (SSSR count). The minimum Gasteiger partial charge on any atom is -0.369 e. The zero-order valence-corrected chi connectivity index (χ0v) is 15.8. The Hall–Kier alpha value is -2.57. The Morgan fingerprint density at radius 1 is 1.07 bits per heavy atom. The molecule has 3 heteroatoms. The van der Waals surface area contributed by atoms with Crippen molar-refractivity contribution in [1.29, 1.82) is 0 Å². The van der Waals surface area contributed by atoms with Crippen molar-refractivity contribution < 1.29 is 4.79 Å². The van der Waals surface area contributed by atoms with Gasteiger partial charge in [0.15, 0.2) is 0 Å². The number of nitrogens with zero attached hydrogens (tertiary/aromatic N) is 1. The van der Waals surface area contributed by atoms with E-state index in [4.69, 9.17) is 12.2 Å². The molecule has 1 aliphatic heterocycles. The Morgan fingerprint density at radius 2 is 1.67 bits per heavy atom. The first-order chi connectivity index (χ1) is 13.2. The van der Waals surface area contributed by atoms with E-state index in [0.717, 1.165) is 56.4 Å². The van der Waals surface area contributed by atoms with Gasteiger partial charge in [0.1, 0.15) is 5.41 Å².